The first-order valence-corrected chi connectivity index (χ1v) is 4.60. The van der Waals surface area contributed by atoms with Gasteiger partial charge in [0.15, 0.2) is 5.78 Å². The highest BCUT2D eigenvalue weighted by Crippen LogP contribution is 2.18. The Bertz CT molecular complexity index is 226. The molecule has 0 spiro atoms. The van der Waals surface area contributed by atoms with E-state index in [1.54, 1.807) is 11.8 Å². The van der Waals surface area contributed by atoms with Gasteiger partial charge in [0.2, 0.25) is 5.91 Å². The summed E-state index contributed by atoms with van der Waals surface area (Å²) in [4.78, 5) is 24.3. The summed E-state index contributed by atoms with van der Waals surface area (Å²) in [6.45, 7) is 3.85. The Balaban J connectivity index is 2.68. The van der Waals surface area contributed by atoms with Gasteiger partial charge < -0.3 is 10.6 Å². The van der Waals surface area contributed by atoms with Gasteiger partial charge in [-0.2, -0.15) is 0 Å². The first kappa shape index (κ1) is 10.2. The Kier molecular flexibility index (Phi) is 3.03. The van der Waals surface area contributed by atoms with Crippen LogP contribution in [0.1, 0.15) is 26.7 Å². The minimum atomic E-state index is -0.500. The van der Waals surface area contributed by atoms with Crippen LogP contribution in [-0.4, -0.2) is 35.2 Å². The van der Waals surface area contributed by atoms with Gasteiger partial charge in [0.1, 0.15) is 0 Å². The number of hydrogen-bond donors (Lipinski definition) is 1. The van der Waals surface area contributed by atoms with Crippen molar-refractivity contribution in [2.45, 2.75) is 38.8 Å². The minimum absolute atomic E-state index is 0.0616. The standard InChI is InChI=1S/C9H16N2O2/c1-6(10)9(13)11-5-3-4-8(11)7(2)12/h6,8H,3-5,10H2,1-2H3. The molecule has 1 aliphatic heterocycles. The van der Waals surface area contributed by atoms with E-state index in [0.29, 0.717) is 6.54 Å². The topological polar surface area (TPSA) is 63.4 Å². The highest BCUT2D eigenvalue weighted by atomic mass is 16.2. The molecule has 0 saturated carbocycles. The van der Waals surface area contributed by atoms with Gasteiger partial charge in [-0.1, -0.05) is 0 Å². The summed E-state index contributed by atoms with van der Waals surface area (Å²) in [7, 11) is 0. The van der Waals surface area contributed by atoms with Crippen molar-refractivity contribution in [3.63, 3.8) is 0 Å². The third kappa shape index (κ3) is 2.06. The lowest BCUT2D eigenvalue weighted by molar-refractivity contribution is -0.137. The van der Waals surface area contributed by atoms with Crippen molar-refractivity contribution in [3.05, 3.63) is 0 Å². The molecule has 0 aromatic carbocycles. The molecule has 0 aliphatic carbocycles. The van der Waals surface area contributed by atoms with Crippen LogP contribution in [0.5, 0.6) is 0 Å². The van der Waals surface area contributed by atoms with E-state index in [-0.39, 0.29) is 17.7 Å². The molecule has 74 valence electrons. The summed E-state index contributed by atoms with van der Waals surface area (Å²) in [6.07, 6.45) is 1.69. The van der Waals surface area contributed by atoms with Crippen LogP contribution >= 0.6 is 0 Å². The fourth-order valence-electron chi connectivity index (χ4n) is 1.71. The van der Waals surface area contributed by atoms with Crippen molar-refractivity contribution in [2.75, 3.05) is 6.54 Å². The monoisotopic (exact) mass is 184 g/mol. The average Bonchev–Trinajstić information content (AvgIpc) is 2.50. The molecule has 1 rings (SSSR count). The van der Waals surface area contributed by atoms with E-state index in [9.17, 15) is 9.59 Å². The SMILES string of the molecule is CC(=O)C1CCCN1C(=O)C(C)N. The van der Waals surface area contributed by atoms with Crippen LogP contribution in [0.3, 0.4) is 0 Å². The van der Waals surface area contributed by atoms with E-state index < -0.39 is 6.04 Å². The van der Waals surface area contributed by atoms with Gasteiger partial charge in [-0.15, -0.1) is 0 Å². The number of carbonyl (C=O) groups excluding carboxylic acids is 2. The van der Waals surface area contributed by atoms with E-state index in [0.717, 1.165) is 12.8 Å². The number of nitrogens with zero attached hydrogens (tertiary/aromatic N) is 1. The van der Waals surface area contributed by atoms with Crippen molar-refractivity contribution in [1.29, 1.82) is 0 Å². The van der Waals surface area contributed by atoms with Crippen LogP contribution in [0, 0.1) is 0 Å². The Hall–Kier alpha value is -0.900. The predicted molar refractivity (Wildman–Crippen MR) is 49.1 cm³/mol. The number of carbonyl (C=O) groups is 2. The number of likely N-dealkylation sites (tertiary alicyclic amines) is 1. The first-order chi connectivity index (χ1) is 6.04. The van der Waals surface area contributed by atoms with Gasteiger partial charge in [-0.05, 0) is 26.7 Å². The maximum atomic E-state index is 11.5. The molecule has 13 heavy (non-hydrogen) atoms. The van der Waals surface area contributed by atoms with Gasteiger partial charge in [-0.25, -0.2) is 0 Å². The number of hydrogen-bond acceptors (Lipinski definition) is 3. The highest BCUT2D eigenvalue weighted by molar-refractivity contribution is 5.89. The fourth-order valence-corrected chi connectivity index (χ4v) is 1.71. The van der Waals surface area contributed by atoms with Gasteiger partial charge in [-0.3, -0.25) is 9.59 Å². The molecule has 4 heteroatoms. The van der Waals surface area contributed by atoms with Crippen molar-refractivity contribution >= 4 is 11.7 Å². The van der Waals surface area contributed by atoms with Gasteiger partial charge in [0, 0.05) is 6.54 Å². The number of rotatable bonds is 2. The second kappa shape index (κ2) is 3.87. The molecule has 1 saturated heterocycles. The molecule has 0 bridgehead atoms. The minimum Gasteiger partial charge on any atom is -0.331 e. The Morgan fingerprint density at radius 3 is 2.62 bits per heavy atom. The molecule has 1 fully saturated rings. The lowest BCUT2D eigenvalue weighted by atomic mass is 10.1. The largest absolute Gasteiger partial charge is 0.331 e. The molecule has 2 N–H and O–H groups in total. The summed E-state index contributed by atoms with van der Waals surface area (Å²) in [6, 6.07) is -0.724. The van der Waals surface area contributed by atoms with E-state index in [1.807, 2.05) is 0 Å². The summed E-state index contributed by atoms with van der Waals surface area (Å²) >= 11 is 0. The first-order valence-electron chi connectivity index (χ1n) is 4.60. The zero-order valence-electron chi connectivity index (χ0n) is 8.12. The molecule has 2 atom stereocenters. The zero-order chi connectivity index (χ0) is 10.0. The quantitative estimate of drug-likeness (QED) is 0.652. The van der Waals surface area contributed by atoms with E-state index >= 15 is 0 Å². The van der Waals surface area contributed by atoms with Crippen LogP contribution in [0.4, 0.5) is 0 Å². The molecule has 0 radical (unpaired) electrons. The molecule has 2 unspecified atom stereocenters. The van der Waals surface area contributed by atoms with Crippen LogP contribution < -0.4 is 5.73 Å². The summed E-state index contributed by atoms with van der Waals surface area (Å²) < 4.78 is 0. The lowest BCUT2D eigenvalue weighted by Crippen LogP contribution is -2.46. The second-order valence-electron chi connectivity index (χ2n) is 3.59. The van der Waals surface area contributed by atoms with Crippen molar-refractivity contribution in [1.82, 2.24) is 4.90 Å². The normalized spacial score (nSPS) is 24.5. The van der Waals surface area contributed by atoms with Crippen LogP contribution in [0.15, 0.2) is 0 Å². The lowest BCUT2D eigenvalue weighted by Gasteiger charge is -2.24. The van der Waals surface area contributed by atoms with E-state index in [4.69, 9.17) is 5.73 Å². The molecular weight excluding hydrogens is 168 g/mol. The molecule has 1 amide bonds. The molecule has 0 aromatic rings. The van der Waals surface area contributed by atoms with E-state index in [1.165, 1.54) is 6.92 Å². The van der Waals surface area contributed by atoms with Crippen LogP contribution in [0.2, 0.25) is 0 Å². The maximum absolute atomic E-state index is 11.5. The molecule has 4 nitrogen and oxygen atoms in total. The number of Topliss-reactive ketones (excluding diaryl/α,β-unsaturated/α-hetero) is 1. The maximum Gasteiger partial charge on any atom is 0.239 e. The number of ketones is 1. The Labute approximate surface area is 78.1 Å². The Morgan fingerprint density at radius 2 is 2.15 bits per heavy atom. The van der Waals surface area contributed by atoms with Crippen molar-refractivity contribution in [2.24, 2.45) is 5.73 Å². The second-order valence-corrected chi connectivity index (χ2v) is 3.59. The van der Waals surface area contributed by atoms with Crippen molar-refractivity contribution in [3.8, 4) is 0 Å². The number of amides is 1. The molecule has 1 heterocycles. The molecular formula is C9H16N2O2. The molecule has 0 aromatic heterocycles. The highest BCUT2D eigenvalue weighted by Gasteiger charge is 2.32. The third-order valence-electron chi connectivity index (χ3n) is 2.39. The summed E-state index contributed by atoms with van der Waals surface area (Å²) in [5.41, 5.74) is 5.48. The van der Waals surface area contributed by atoms with Gasteiger partial charge in [0.05, 0.1) is 12.1 Å². The summed E-state index contributed by atoms with van der Waals surface area (Å²) in [5, 5.41) is 0. The third-order valence-corrected chi connectivity index (χ3v) is 2.39. The fraction of sp³-hybridized carbons (Fsp3) is 0.778. The van der Waals surface area contributed by atoms with Crippen LogP contribution in [-0.2, 0) is 9.59 Å². The predicted octanol–water partition coefficient (Wildman–Crippen LogP) is -0.0864. The van der Waals surface area contributed by atoms with Gasteiger partial charge in [0.25, 0.3) is 0 Å². The van der Waals surface area contributed by atoms with E-state index in [2.05, 4.69) is 0 Å². The smallest absolute Gasteiger partial charge is 0.239 e. The van der Waals surface area contributed by atoms with Crippen LogP contribution in [0.25, 0.3) is 0 Å². The number of nitrogens with two attached hydrogens (primary N) is 1. The zero-order valence-corrected chi connectivity index (χ0v) is 8.12. The average molecular weight is 184 g/mol. The molecule has 1 aliphatic rings. The van der Waals surface area contributed by atoms with Gasteiger partial charge >= 0.3 is 0 Å². The Morgan fingerprint density at radius 1 is 1.54 bits per heavy atom. The van der Waals surface area contributed by atoms with Crippen molar-refractivity contribution < 1.29 is 9.59 Å². The summed E-state index contributed by atoms with van der Waals surface area (Å²) in [5.74, 6) is -0.0517.